The van der Waals surface area contributed by atoms with Crippen molar-refractivity contribution < 1.29 is 4.74 Å². The molecule has 1 aromatic carbocycles. The lowest BCUT2D eigenvalue weighted by atomic mass is 9.55. The molecule has 1 saturated carbocycles. The summed E-state index contributed by atoms with van der Waals surface area (Å²) in [5.74, 6) is 1.68. The molecule has 25 heavy (non-hydrogen) atoms. The van der Waals surface area contributed by atoms with Crippen LogP contribution in [0.5, 0.6) is 0 Å². The first-order valence-electron chi connectivity index (χ1n) is 9.28. The second-order valence-corrected chi connectivity index (χ2v) is 8.03. The Bertz CT molecular complexity index is 646. The summed E-state index contributed by atoms with van der Waals surface area (Å²) in [4.78, 5) is 7.00. The summed E-state index contributed by atoms with van der Waals surface area (Å²) in [5.41, 5.74) is 3.08. The molecule has 2 aliphatic heterocycles. The average Bonchev–Trinajstić information content (AvgIpc) is 2.62. The van der Waals surface area contributed by atoms with Crippen LogP contribution in [0.2, 0.25) is 0 Å². The molecule has 0 amide bonds. The van der Waals surface area contributed by atoms with E-state index in [0.717, 1.165) is 32.1 Å². The van der Waals surface area contributed by atoms with Gasteiger partial charge in [0.1, 0.15) is 0 Å². The third-order valence-electron chi connectivity index (χ3n) is 6.26. The minimum Gasteiger partial charge on any atom is -0.377 e. The van der Waals surface area contributed by atoms with E-state index in [1.807, 2.05) is 7.05 Å². The number of rotatable bonds is 1. The Hall–Kier alpha value is -0.820. The summed E-state index contributed by atoms with van der Waals surface area (Å²) >= 11 is 0. The fraction of sp³-hybridized carbons (Fsp3) is 0.650. The molecule has 4 rings (SSSR count). The molecule has 3 unspecified atom stereocenters. The number of ether oxygens (including phenoxy) is 1. The smallest absolute Gasteiger partial charge is 0.194 e. The van der Waals surface area contributed by atoms with Crippen molar-refractivity contribution >= 4 is 29.9 Å². The summed E-state index contributed by atoms with van der Waals surface area (Å²) in [7, 11) is 1.91. The topological polar surface area (TPSA) is 36.9 Å². The Morgan fingerprint density at radius 1 is 1.28 bits per heavy atom. The predicted molar refractivity (Wildman–Crippen MR) is 112 cm³/mol. The highest BCUT2D eigenvalue weighted by Gasteiger charge is 2.58. The van der Waals surface area contributed by atoms with Gasteiger partial charge in [-0.05, 0) is 30.4 Å². The highest BCUT2D eigenvalue weighted by Crippen LogP contribution is 2.51. The highest BCUT2D eigenvalue weighted by atomic mass is 127. The number of hydrogen-bond donors (Lipinski definition) is 1. The number of hydrogen-bond acceptors (Lipinski definition) is 2. The Morgan fingerprint density at radius 3 is 2.80 bits per heavy atom. The summed E-state index contributed by atoms with van der Waals surface area (Å²) in [6, 6.07) is 9.23. The maximum atomic E-state index is 6.04. The predicted octanol–water partition coefficient (Wildman–Crippen LogP) is 3.44. The van der Waals surface area contributed by atoms with Crippen LogP contribution in [0, 0.1) is 11.3 Å². The Balaban J connectivity index is 0.00000182. The standard InChI is InChI=1S/C20H29N3O.HI/c1-20(2)17(16-9-6-12-24-18(16)20)22-19(21-3)23-11-10-14-7-4-5-8-15(14)13-23;/h4-5,7-8,16-18H,6,9-13H2,1-3H3,(H,21,22);1H. The normalized spacial score (nSPS) is 30.4. The van der Waals surface area contributed by atoms with Crippen LogP contribution in [0.1, 0.15) is 37.8 Å². The zero-order valence-electron chi connectivity index (χ0n) is 15.5. The zero-order chi connectivity index (χ0) is 16.7. The van der Waals surface area contributed by atoms with Crippen molar-refractivity contribution in [2.75, 3.05) is 20.2 Å². The molecule has 3 atom stereocenters. The highest BCUT2D eigenvalue weighted by molar-refractivity contribution is 14.0. The van der Waals surface area contributed by atoms with Crippen molar-refractivity contribution in [3.8, 4) is 0 Å². The van der Waals surface area contributed by atoms with Gasteiger partial charge in [0, 0.05) is 44.1 Å². The number of nitrogens with zero attached hydrogens (tertiary/aromatic N) is 2. The molecule has 4 nitrogen and oxygen atoms in total. The number of benzene rings is 1. The van der Waals surface area contributed by atoms with Gasteiger partial charge in [-0.15, -0.1) is 24.0 Å². The molecule has 1 aliphatic carbocycles. The number of aliphatic imine (C=N–C) groups is 1. The van der Waals surface area contributed by atoms with Crippen molar-refractivity contribution in [2.45, 2.75) is 51.8 Å². The molecule has 1 aromatic rings. The number of guanidine groups is 1. The molecule has 0 radical (unpaired) electrons. The summed E-state index contributed by atoms with van der Waals surface area (Å²) in [5, 5.41) is 3.79. The molecule has 2 fully saturated rings. The number of halogens is 1. The first kappa shape index (κ1) is 19.0. The van der Waals surface area contributed by atoms with E-state index in [4.69, 9.17) is 4.74 Å². The van der Waals surface area contributed by atoms with E-state index in [1.54, 1.807) is 0 Å². The van der Waals surface area contributed by atoms with Crippen LogP contribution in [0.3, 0.4) is 0 Å². The summed E-state index contributed by atoms with van der Waals surface area (Å²) < 4.78 is 6.04. The number of nitrogens with one attached hydrogen (secondary N) is 1. The largest absolute Gasteiger partial charge is 0.377 e. The van der Waals surface area contributed by atoms with E-state index in [0.29, 0.717) is 18.1 Å². The van der Waals surface area contributed by atoms with Gasteiger partial charge in [0.15, 0.2) is 5.96 Å². The molecule has 0 bridgehead atoms. The minimum atomic E-state index is 0. The molecule has 138 valence electrons. The van der Waals surface area contributed by atoms with Crippen LogP contribution in [-0.2, 0) is 17.7 Å². The average molecular weight is 455 g/mol. The lowest BCUT2D eigenvalue weighted by Crippen LogP contribution is -2.71. The fourth-order valence-electron chi connectivity index (χ4n) is 4.93. The van der Waals surface area contributed by atoms with Crippen LogP contribution in [-0.4, -0.2) is 43.2 Å². The van der Waals surface area contributed by atoms with Crippen molar-refractivity contribution in [3.05, 3.63) is 35.4 Å². The fourth-order valence-corrected chi connectivity index (χ4v) is 4.93. The van der Waals surface area contributed by atoms with Gasteiger partial charge in [0.2, 0.25) is 0 Å². The number of fused-ring (bicyclic) bond motifs is 2. The SMILES string of the molecule is CN=C(NC1C2CCCOC2C1(C)C)N1CCc2ccccc2C1.I. The maximum absolute atomic E-state index is 6.04. The molecular weight excluding hydrogens is 425 g/mol. The van der Waals surface area contributed by atoms with Gasteiger partial charge in [0.25, 0.3) is 0 Å². The molecule has 0 aromatic heterocycles. The van der Waals surface area contributed by atoms with E-state index in [-0.39, 0.29) is 29.4 Å². The van der Waals surface area contributed by atoms with E-state index in [2.05, 4.69) is 53.3 Å². The molecule has 1 saturated heterocycles. The van der Waals surface area contributed by atoms with Gasteiger partial charge in [-0.2, -0.15) is 0 Å². The van der Waals surface area contributed by atoms with E-state index >= 15 is 0 Å². The lowest BCUT2D eigenvalue weighted by Gasteiger charge is -2.60. The van der Waals surface area contributed by atoms with Gasteiger partial charge in [-0.3, -0.25) is 4.99 Å². The molecular formula is C20H30IN3O. The van der Waals surface area contributed by atoms with E-state index < -0.39 is 0 Å². The Morgan fingerprint density at radius 2 is 2.04 bits per heavy atom. The maximum Gasteiger partial charge on any atom is 0.194 e. The van der Waals surface area contributed by atoms with Crippen LogP contribution >= 0.6 is 24.0 Å². The summed E-state index contributed by atoms with van der Waals surface area (Å²) in [6.07, 6.45) is 3.96. The van der Waals surface area contributed by atoms with Crippen LogP contribution in [0.15, 0.2) is 29.3 Å². The third kappa shape index (κ3) is 3.29. The van der Waals surface area contributed by atoms with E-state index in [1.165, 1.54) is 24.0 Å². The van der Waals surface area contributed by atoms with Gasteiger partial charge in [0.05, 0.1) is 6.10 Å². The zero-order valence-corrected chi connectivity index (χ0v) is 17.8. The van der Waals surface area contributed by atoms with Crippen molar-refractivity contribution in [3.63, 3.8) is 0 Å². The Labute approximate surface area is 168 Å². The molecule has 0 spiro atoms. The third-order valence-corrected chi connectivity index (χ3v) is 6.26. The van der Waals surface area contributed by atoms with Gasteiger partial charge < -0.3 is 15.0 Å². The molecule has 1 N–H and O–H groups in total. The van der Waals surface area contributed by atoms with Gasteiger partial charge >= 0.3 is 0 Å². The second-order valence-electron chi connectivity index (χ2n) is 8.03. The van der Waals surface area contributed by atoms with Crippen LogP contribution < -0.4 is 5.32 Å². The van der Waals surface area contributed by atoms with Crippen LogP contribution in [0.4, 0.5) is 0 Å². The monoisotopic (exact) mass is 455 g/mol. The first-order chi connectivity index (χ1) is 11.6. The van der Waals surface area contributed by atoms with Crippen LogP contribution in [0.25, 0.3) is 0 Å². The van der Waals surface area contributed by atoms with Gasteiger partial charge in [-0.1, -0.05) is 38.1 Å². The first-order valence-corrected chi connectivity index (χ1v) is 9.28. The van der Waals surface area contributed by atoms with Crippen molar-refractivity contribution in [1.82, 2.24) is 10.2 Å². The Kier molecular flexibility index (Phi) is 5.63. The minimum absolute atomic E-state index is 0. The lowest BCUT2D eigenvalue weighted by molar-refractivity contribution is -0.188. The van der Waals surface area contributed by atoms with Gasteiger partial charge in [-0.25, -0.2) is 0 Å². The summed E-state index contributed by atoms with van der Waals surface area (Å²) in [6.45, 7) is 7.57. The second kappa shape index (κ2) is 7.43. The van der Waals surface area contributed by atoms with Crippen molar-refractivity contribution in [1.29, 1.82) is 0 Å². The van der Waals surface area contributed by atoms with E-state index in [9.17, 15) is 0 Å². The van der Waals surface area contributed by atoms with Crippen molar-refractivity contribution in [2.24, 2.45) is 16.3 Å². The molecule has 3 aliphatic rings. The quantitative estimate of drug-likeness (QED) is 0.401. The molecule has 5 heteroatoms. The molecule has 2 heterocycles.